The van der Waals surface area contributed by atoms with Gasteiger partial charge in [0.15, 0.2) is 0 Å². The number of benzene rings is 2. The molecule has 0 bridgehead atoms. The molecule has 0 spiro atoms. The predicted molar refractivity (Wildman–Crippen MR) is 133 cm³/mol. The monoisotopic (exact) mass is 486 g/mol. The van der Waals surface area contributed by atoms with Crippen molar-refractivity contribution in [3.63, 3.8) is 0 Å². The number of thiophene rings is 1. The highest BCUT2D eigenvalue weighted by Gasteiger charge is 2.23. The summed E-state index contributed by atoms with van der Waals surface area (Å²) >= 11 is 1.35. The summed E-state index contributed by atoms with van der Waals surface area (Å²) in [6.45, 7) is 1.83. The van der Waals surface area contributed by atoms with Crippen LogP contribution in [0.25, 0.3) is 0 Å². The summed E-state index contributed by atoms with van der Waals surface area (Å²) in [5.41, 5.74) is 5.54. The Kier molecular flexibility index (Phi) is 7.33. The smallest absolute Gasteiger partial charge is 0.343 e. The van der Waals surface area contributed by atoms with Gasteiger partial charge in [-0.15, -0.1) is 11.3 Å². The number of nitrogens with one attached hydrogen (secondary N) is 2. The molecule has 4 rings (SSSR count). The van der Waals surface area contributed by atoms with Crippen LogP contribution in [0.3, 0.4) is 0 Å². The van der Waals surface area contributed by atoms with Gasteiger partial charge in [0.1, 0.15) is 16.8 Å². The number of carbonyl (C=O) groups is 3. The quantitative estimate of drug-likeness (QED) is 0.185. The summed E-state index contributed by atoms with van der Waals surface area (Å²) in [6, 6.07) is 15.8. The number of hydrogen-bond acceptors (Lipinski definition) is 7. The van der Waals surface area contributed by atoms with Gasteiger partial charge in [-0.2, -0.15) is 10.4 Å². The first-order chi connectivity index (χ1) is 17.0. The van der Waals surface area contributed by atoms with Gasteiger partial charge in [0.05, 0.1) is 17.3 Å². The van der Waals surface area contributed by atoms with Gasteiger partial charge >= 0.3 is 17.8 Å². The highest BCUT2D eigenvalue weighted by atomic mass is 32.1. The Labute approximate surface area is 206 Å². The van der Waals surface area contributed by atoms with Gasteiger partial charge in [0.25, 0.3) is 0 Å². The molecule has 35 heavy (non-hydrogen) atoms. The number of hydrogen-bond donors (Lipinski definition) is 2. The van der Waals surface area contributed by atoms with Crippen LogP contribution in [0.1, 0.15) is 50.3 Å². The molecule has 2 N–H and O–H groups in total. The van der Waals surface area contributed by atoms with Gasteiger partial charge in [0, 0.05) is 4.88 Å². The van der Waals surface area contributed by atoms with Crippen molar-refractivity contribution in [2.75, 3.05) is 5.32 Å². The van der Waals surface area contributed by atoms with Crippen molar-refractivity contribution in [3.05, 3.63) is 81.2 Å². The lowest BCUT2D eigenvalue weighted by Crippen LogP contribution is -2.32. The lowest BCUT2D eigenvalue weighted by atomic mass is 9.96. The van der Waals surface area contributed by atoms with Crippen molar-refractivity contribution in [2.45, 2.75) is 32.6 Å². The van der Waals surface area contributed by atoms with E-state index in [-0.39, 0.29) is 0 Å². The van der Waals surface area contributed by atoms with Crippen LogP contribution in [0.2, 0.25) is 0 Å². The Bertz CT molecular complexity index is 1350. The van der Waals surface area contributed by atoms with E-state index in [0.29, 0.717) is 27.4 Å². The van der Waals surface area contributed by atoms with Crippen molar-refractivity contribution < 1.29 is 19.1 Å². The summed E-state index contributed by atoms with van der Waals surface area (Å²) in [5, 5.41) is 16.2. The fourth-order valence-corrected chi connectivity index (χ4v) is 4.97. The molecule has 0 unspecified atom stereocenters. The van der Waals surface area contributed by atoms with Crippen LogP contribution in [-0.2, 0) is 22.4 Å². The zero-order chi connectivity index (χ0) is 24.8. The summed E-state index contributed by atoms with van der Waals surface area (Å²) in [7, 11) is 0. The summed E-state index contributed by atoms with van der Waals surface area (Å²) in [5.74, 6) is -1.92. The van der Waals surface area contributed by atoms with Crippen molar-refractivity contribution in [1.82, 2.24) is 5.43 Å². The minimum atomic E-state index is -0.944. The second-order valence-electron chi connectivity index (χ2n) is 7.95. The van der Waals surface area contributed by atoms with Crippen LogP contribution in [0, 0.1) is 18.3 Å². The number of esters is 1. The Morgan fingerprint density at radius 3 is 2.54 bits per heavy atom. The zero-order valence-corrected chi connectivity index (χ0v) is 19.8. The molecule has 0 saturated heterocycles. The second-order valence-corrected chi connectivity index (χ2v) is 9.06. The molecule has 9 heteroatoms. The number of nitrogens with zero attached hydrogens (tertiary/aromatic N) is 2. The number of fused-ring (bicyclic) bond motifs is 1. The lowest BCUT2D eigenvalue weighted by molar-refractivity contribution is -0.136. The first-order valence-electron chi connectivity index (χ1n) is 11.0. The molecule has 2 aromatic carbocycles. The lowest BCUT2D eigenvalue weighted by Gasteiger charge is -2.09. The molecule has 0 radical (unpaired) electrons. The molecule has 1 aliphatic rings. The number of hydrazone groups is 1. The van der Waals surface area contributed by atoms with E-state index in [4.69, 9.17) is 4.74 Å². The van der Waals surface area contributed by atoms with Crippen LogP contribution < -0.4 is 15.5 Å². The molecule has 176 valence electrons. The van der Waals surface area contributed by atoms with Crippen LogP contribution in [0.4, 0.5) is 5.00 Å². The number of amides is 2. The van der Waals surface area contributed by atoms with E-state index >= 15 is 0 Å². The highest BCUT2D eigenvalue weighted by Crippen LogP contribution is 2.37. The average Bonchev–Trinajstić information content (AvgIpc) is 3.22. The van der Waals surface area contributed by atoms with Crippen molar-refractivity contribution in [3.8, 4) is 11.8 Å². The van der Waals surface area contributed by atoms with E-state index in [1.165, 1.54) is 17.6 Å². The van der Waals surface area contributed by atoms with Gasteiger partial charge in [-0.3, -0.25) is 9.59 Å². The van der Waals surface area contributed by atoms with Gasteiger partial charge in [0.2, 0.25) is 0 Å². The summed E-state index contributed by atoms with van der Waals surface area (Å²) in [6.07, 6.45) is 5.12. The number of carbonyl (C=O) groups excluding carboxylic acids is 3. The molecule has 0 atom stereocenters. The van der Waals surface area contributed by atoms with Gasteiger partial charge in [-0.1, -0.05) is 18.2 Å². The standard InChI is InChI=1S/C26H22N4O4S/c1-16-6-2-3-7-19(16)26(33)34-18-12-10-17(11-13-18)15-28-30-24(32)23(31)29-25-21(14-27)20-8-4-5-9-22(20)35-25/h2-3,6-7,10-13,15H,4-5,8-9H2,1H3,(H,29,31)(H,30,32)/b28-15-. The third-order valence-corrected chi connectivity index (χ3v) is 6.76. The van der Waals surface area contributed by atoms with Crippen molar-refractivity contribution >= 4 is 40.3 Å². The zero-order valence-electron chi connectivity index (χ0n) is 19.0. The van der Waals surface area contributed by atoms with Gasteiger partial charge in [-0.25, -0.2) is 10.2 Å². The Morgan fingerprint density at radius 1 is 1.06 bits per heavy atom. The Balaban J connectivity index is 1.31. The maximum atomic E-state index is 12.3. The number of nitriles is 1. The average molecular weight is 487 g/mol. The minimum Gasteiger partial charge on any atom is -0.423 e. The van der Waals surface area contributed by atoms with E-state index in [0.717, 1.165) is 41.7 Å². The molecule has 1 aromatic heterocycles. The maximum Gasteiger partial charge on any atom is 0.343 e. The van der Waals surface area contributed by atoms with E-state index in [1.807, 2.05) is 19.1 Å². The van der Waals surface area contributed by atoms with E-state index in [9.17, 15) is 19.6 Å². The van der Waals surface area contributed by atoms with E-state index in [2.05, 4.69) is 21.9 Å². The molecule has 1 aliphatic carbocycles. The molecular formula is C26H22N4O4S. The van der Waals surface area contributed by atoms with E-state index in [1.54, 1.807) is 36.4 Å². The highest BCUT2D eigenvalue weighted by molar-refractivity contribution is 7.16. The summed E-state index contributed by atoms with van der Waals surface area (Å²) < 4.78 is 5.39. The fraction of sp³-hybridized carbons (Fsp3) is 0.192. The van der Waals surface area contributed by atoms with Crippen LogP contribution in [0.5, 0.6) is 5.75 Å². The van der Waals surface area contributed by atoms with Crippen LogP contribution in [0.15, 0.2) is 53.6 Å². The molecule has 0 saturated carbocycles. The molecule has 0 fully saturated rings. The molecule has 8 nitrogen and oxygen atoms in total. The van der Waals surface area contributed by atoms with Crippen molar-refractivity contribution in [2.24, 2.45) is 5.10 Å². The van der Waals surface area contributed by atoms with Crippen LogP contribution >= 0.6 is 11.3 Å². The SMILES string of the molecule is Cc1ccccc1C(=O)Oc1ccc(/C=N\NC(=O)C(=O)Nc2sc3c(c2C#N)CCCC3)cc1. The predicted octanol–water partition coefficient (Wildman–Crippen LogP) is 4.12. The normalized spacial score (nSPS) is 12.5. The third kappa shape index (κ3) is 5.62. The number of aryl methyl sites for hydroxylation is 2. The van der Waals surface area contributed by atoms with Gasteiger partial charge < -0.3 is 10.1 Å². The Hall–Kier alpha value is -4.29. The first-order valence-corrected chi connectivity index (χ1v) is 11.8. The largest absolute Gasteiger partial charge is 0.423 e. The molecule has 1 heterocycles. The molecule has 2 amide bonds. The Morgan fingerprint density at radius 2 is 1.80 bits per heavy atom. The molecule has 3 aromatic rings. The number of ether oxygens (including phenoxy) is 1. The third-order valence-electron chi connectivity index (χ3n) is 5.55. The number of rotatable bonds is 5. The number of anilines is 1. The molecular weight excluding hydrogens is 464 g/mol. The van der Waals surface area contributed by atoms with E-state index < -0.39 is 17.8 Å². The fourth-order valence-electron chi connectivity index (χ4n) is 3.73. The van der Waals surface area contributed by atoms with Crippen LogP contribution in [-0.4, -0.2) is 24.0 Å². The minimum absolute atomic E-state index is 0.366. The van der Waals surface area contributed by atoms with Gasteiger partial charge in [-0.05, 0) is 79.6 Å². The summed E-state index contributed by atoms with van der Waals surface area (Å²) in [4.78, 5) is 37.8. The first kappa shape index (κ1) is 23.9. The van der Waals surface area contributed by atoms with Crippen molar-refractivity contribution in [1.29, 1.82) is 5.26 Å². The molecule has 0 aliphatic heterocycles. The maximum absolute atomic E-state index is 12.3. The second kappa shape index (κ2) is 10.8. The topological polar surface area (TPSA) is 121 Å².